The van der Waals surface area contributed by atoms with Gasteiger partial charge in [0, 0.05) is 11.8 Å². The molecular formula is C16H15F3N3NaO2S. The van der Waals surface area contributed by atoms with E-state index in [0.29, 0.717) is 21.9 Å². The Bertz CT molecular complexity index is 904. The average molecular weight is 393 g/mol. The van der Waals surface area contributed by atoms with Gasteiger partial charge in [-0.2, -0.15) is 13.2 Å². The normalized spacial score (nSPS) is 12.6. The molecule has 3 aromatic rings. The molecule has 2 heterocycles. The molecule has 1 unspecified atom stereocenters. The SMILES string of the molecule is Cc1c(OCC(F)(F)F)ccnc1CS(=O)c1nc2ccccc2[nH]1.[H-].[Na+]. The van der Waals surface area contributed by atoms with Crippen molar-refractivity contribution in [3.05, 3.63) is 47.8 Å². The third kappa shape index (κ3) is 5.06. The van der Waals surface area contributed by atoms with E-state index in [0.717, 1.165) is 5.52 Å². The first kappa shape index (κ1) is 20.9. The molecule has 0 radical (unpaired) electrons. The van der Waals surface area contributed by atoms with Crippen molar-refractivity contribution in [2.24, 2.45) is 0 Å². The number of nitrogens with one attached hydrogen (secondary N) is 1. The molecule has 2 aromatic heterocycles. The summed E-state index contributed by atoms with van der Waals surface area (Å²) in [4.78, 5) is 11.3. The summed E-state index contributed by atoms with van der Waals surface area (Å²) in [5.41, 5.74) is 2.28. The first-order valence-corrected chi connectivity index (χ1v) is 8.62. The maximum atomic E-state index is 12.5. The van der Waals surface area contributed by atoms with Crippen LogP contribution in [0.3, 0.4) is 0 Å². The second-order valence-electron chi connectivity index (χ2n) is 5.33. The van der Waals surface area contributed by atoms with Crippen molar-refractivity contribution in [3.63, 3.8) is 0 Å². The van der Waals surface area contributed by atoms with Gasteiger partial charge in [0.1, 0.15) is 5.75 Å². The fraction of sp³-hybridized carbons (Fsp3) is 0.250. The van der Waals surface area contributed by atoms with Crippen LogP contribution in [0.4, 0.5) is 13.2 Å². The predicted octanol–water partition coefficient (Wildman–Crippen LogP) is 0.632. The quantitative estimate of drug-likeness (QED) is 0.646. The van der Waals surface area contributed by atoms with Gasteiger partial charge in [0.05, 0.1) is 33.3 Å². The van der Waals surface area contributed by atoms with E-state index in [1.54, 1.807) is 13.0 Å². The van der Waals surface area contributed by atoms with Crippen LogP contribution in [-0.2, 0) is 16.6 Å². The van der Waals surface area contributed by atoms with Crippen LogP contribution in [0, 0.1) is 6.92 Å². The summed E-state index contributed by atoms with van der Waals surface area (Å²) in [6.45, 7) is 0.202. The minimum atomic E-state index is -4.42. The summed E-state index contributed by atoms with van der Waals surface area (Å²) in [6.07, 6.45) is -3.09. The standard InChI is InChI=1S/C16H14F3N3O2S.Na.H/c1-10-13(20-7-6-14(10)24-9-16(17,18)19)8-25(23)15-21-11-4-2-3-5-12(11)22-15;;/h2-7H,8-9H2,1H3,(H,21,22);;/q;+1;-1. The summed E-state index contributed by atoms with van der Waals surface area (Å²) in [5, 5.41) is 0.295. The third-order valence-electron chi connectivity index (χ3n) is 3.50. The van der Waals surface area contributed by atoms with Gasteiger partial charge in [0.25, 0.3) is 0 Å². The Kier molecular flexibility index (Phi) is 6.84. The number of para-hydroxylation sites is 2. The van der Waals surface area contributed by atoms with Crippen LogP contribution in [0.1, 0.15) is 12.7 Å². The van der Waals surface area contributed by atoms with Crippen molar-refractivity contribution in [3.8, 4) is 5.75 Å². The third-order valence-corrected chi connectivity index (χ3v) is 4.66. The molecule has 1 atom stereocenters. The molecule has 0 aliphatic rings. The van der Waals surface area contributed by atoms with Crippen LogP contribution in [0.5, 0.6) is 5.75 Å². The summed E-state index contributed by atoms with van der Waals surface area (Å²) in [5.74, 6) is 0.0958. The number of aromatic amines is 1. The van der Waals surface area contributed by atoms with Gasteiger partial charge in [-0.1, -0.05) is 12.1 Å². The Balaban J connectivity index is 0.00000182. The summed E-state index contributed by atoms with van der Waals surface area (Å²) in [7, 11) is -1.51. The zero-order valence-corrected chi connectivity index (χ0v) is 16.9. The molecule has 1 aromatic carbocycles. The number of hydrogen-bond donors (Lipinski definition) is 1. The molecule has 3 rings (SSSR count). The number of ether oxygens (including phenoxy) is 1. The van der Waals surface area contributed by atoms with Crippen molar-refractivity contribution in [2.75, 3.05) is 6.61 Å². The minimum Gasteiger partial charge on any atom is -1.00 e. The maximum absolute atomic E-state index is 12.5. The number of benzene rings is 1. The topological polar surface area (TPSA) is 67.9 Å². The molecule has 26 heavy (non-hydrogen) atoms. The summed E-state index contributed by atoms with van der Waals surface area (Å²) >= 11 is 0. The van der Waals surface area contributed by atoms with Gasteiger partial charge in [0.15, 0.2) is 11.8 Å². The Morgan fingerprint density at radius 2 is 2.00 bits per heavy atom. The van der Waals surface area contributed by atoms with Crippen LogP contribution < -0.4 is 34.3 Å². The largest absolute Gasteiger partial charge is 1.00 e. The molecule has 10 heteroatoms. The van der Waals surface area contributed by atoms with Crippen molar-refractivity contribution >= 4 is 21.8 Å². The van der Waals surface area contributed by atoms with Crippen LogP contribution in [0.2, 0.25) is 0 Å². The number of halogens is 3. The fourth-order valence-corrected chi connectivity index (χ4v) is 3.35. The number of fused-ring (bicyclic) bond motifs is 1. The van der Waals surface area contributed by atoms with Gasteiger partial charge in [0.2, 0.25) is 0 Å². The van der Waals surface area contributed by atoms with E-state index < -0.39 is 23.6 Å². The molecule has 0 aliphatic heterocycles. The molecule has 0 amide bonds. The molecule has 0 fully saturated rings. The second kappa shape index (κ2) is 8.51. The molecule has 1 N–H and O–H groups in total. The second-order valence-corrected chi connectivity index (χ2v) is 6.70. The van der Waals surface area contributed by atoms with Gasteiger partial charge in [-0.3, -0.25) is 9.19 Å². The summed E-state index contributed by atoms with van der Waals surface area (Å²) in [6, 6.07) is 8.62. The average Bonchev–Trinajstić information content (AvgIpc) is 2.99. The van der Waals surface area contributed by atoms with Gasteiger partial charge >= 0.3 is 35.7 Å². The fourth-order valence-electron chi connectivity index (χ4n) is 2.25. The van der Waals surface area contributed by atoms with E-state index in [1.165, 1.54) is 12.3 Å². The first-order chi connectivity index (χ1) is 11.8. The van der Waals surface area contributed by atoms with Crippen LogP contribution >= 0.6 is 0 Å². The Hall–Kier alpha value is -1.42. The number of imidazole rings is 1. The van der Waals surface area contributed by atoms with E-state index in [2.05, 4.69) is 15.0 Å². The Morgan fingerprint density at radius 1 is 1.27 bits per heavy atom. The zero-order chi connectivity index (χ0) is 18.0. The number of aromatic nitrogens is 3. The van der Waals surface area contributed by atoms with Crippen molar-refractivity contribution in [2.45, 2.75) is 24.0 Å². The molecule has 0 aliphatic carbocycles. The molecule has 5 nitrogen and oxygen atoms in total. The maximum Gasteiger partial charge on any atom is 1.00 e. The predicted molar refractivity (Wildman–Crippen MR) is 87.8 cm³/mol. The Morgan fingerprint density at radius 3 is 2.69 bits per heavy atom. The van der Waals surface area contributed by atoms with Crippen LogP contribution in [0.25, 0.3) is 11.0 Å². The van der Waals surface area contributed by atoms with E-state index >= 15 is 0 Å². The number of hydrogen-bond acceptors (Lipinski definition) is 4. The molecule has 134 valence electrons. The molecule has 0 spiro atoms. The van der Waals surface area contributed by atoms with E-state index in [9.17, 15) is 17.4 Å². The van der Waals surface area contributed by atoms with Crippen molar-refractivity contribution in [1.82, 2.24) is 15.0 Å². The monoisotopic (exact) mass is 393 g/mol. The molecule has 0 saturated heterocycles. The van der Waals surface area contributed by atoms with Crippen molar-refractivity contribution < 1.29 is 53.1 Å². The summed E-state index contributed by atoms with van der Waals surface area (Å²) < 4.78 is 54.2. The van der Waals surface area contributed by atoms with Gasteiger partial charge < -0.3 is 11.1 Å². The minimum absolute atomic E-state index is 0. The zero-order valence-electron chi connectivity index (χ0n) is 15.1. The van der Waals surface area contributed by atoms with Crippen LogP contribution in [-0.4, -0.2) is 31.9 Å². The number of rotatable bonds is 5. The van der Waals surface area contributed by atoms with E-state index in [1.807, 2.05) is 18.2 Å². The number of nitrogens with zero attached hydrogens (tertiary/aromatic N) is 2. The Labute approximate surface area is 173 Å². The van der Waals surface area contributed by atoms with Gasteiger partial charge in [-0.15, -0.1) is 0 Å². The van der Waals surface area contributed by atoms with E-state index in [-0.39, 0.29) is 42.5 Å². The van der Waals surface area contributed by atoms with Gasteiger partial charge in [-0.05, 0) is 25.1 Å². The molecule has 0 bridgehead atoms. The first-order valence-electron chi connectivity index (χ1n) is 7.30. The molecular weight excluding hydrogens is 378 g/mol. The molecule has 0 saturated carbocycles. The van der Waals surface area contributed by atoms with Crippen molar-refractivity contribution in [1.29, 1.82) is 0 Å². The number of H-pyrrole nitrogens is 1. The smallest absolute Gasteiger partial charge is 1.00 e. The van der Waals surface area contributed by atoms with Crippen LogP contribution in [0.15, 0.2) is 41.7 Å². The number of pyridine rings is 1. The van der Waals surface area contributed by atoms with Gasteiger partial charge in [-0.25, -0.2) is 4.98 Å². The number of alkyl halides is 3. The van der Waals surface area contributed by atoms with E-state index in [4.69, 9.17) is 4.74 Å².